The molecule has 0 radical (unpaired) electrons. The van der Waals surface area contributed by atoms with Gasteiger partial charge in [-0.25, -0.2) is 0 Å². The minimum Gasteiger partial charge on any atom is -0.464 e. The lowest BCUT2D eigenvalue weighted by atomic mass is 10.3. The molecule has 5 nitrogen and oxygen atoms in total. The first-order valence-corrected chi connectivity index (χ1v) is 6.79. The Morgan fingerprint density at radius 1 is 1.28 bits per heavy atom. The molecule has 0 amide bonds. The van der Waals surface area contributed by atoms with Crippen molar-refractivity contribution in [2.45, 2.75) is 20.8 Å². The van der Waals surface area contributed by atoms with E-state index in [-0.39, 0.29) is 0 Å². The third-order valence-electron chi connectivity index (χ3n) is 2.21. The first-order valence-electron chi connectivity index (χ1n) is 5.91. The topological polar surface area (TPSA) is 59.9 Å². The van der Waals surface area contributed by atoms with E-state index in [2.05, 4.69) is 33.3 Å². The molecule has 0 spiro atoms. The second-order valence-electron chi connectivity index (χ2n) is 3.67. The number of aromatic nitrogens is 3. The van der Waals surface area contributed by atoms with Crippen molar-refractivity contribution < 1.29 is 4.74 Å². The van der Waals surface area contributed by atoms with Gasteiger partial charge in [-0.1, -0.05) is 0 Å². The number of hydrogen-bond acceptors (Lipinski definition) is 6. The number of ether oxygens (including phenoxy) is 1. The van der Waals surface area contributed by atoms with E-state index in [4.69, 9.17) is 4.74 Å². The average molecular weight is 264 g/mol. The fraction of sp³-hybridized carbons (Fsp3) is 0.417. The summed E-state index contributed by atoms with van der Waals surface area (Å²) in [7, 11) is 0. The minimum atomic E-state index is 0.363. The van der Waals surface area contributed by atoms with E-state index in [0.717, 1.165) is 12.1 Å². The van der Waals surface area contributed by atoms with Crippen LogP contribution in [0.4, 0.5) is 5.95 Å². The van der Waals surface area contributed by atoms with Crippen LogP contribution in [0.25, 0.3) is 11.4 Å². The number of rotatable bonds is 5. The second kappa shape index (κ2) is 5.77. The molecule has 1 N–H and O–H groups in total. The van der Waals surface area contributed by atoms with E-state index in [1.54, 1.807) is 11.3 Å². The summed E-state index contributed by atoms with van der Waals surface area (Å²) < 4.78 is 5.36. The smallest absolute Gasteiger partial charge is 0.321 e. The molecule has 0 fully saturated rings. The van der Waals surface area contributed by atoms with Crippen LogP contribution in [0, 0.1) is 6.92 Å². The molecule has 0 saturated heterocycles. The average Bonchev–Trinajstić information content (AvgIpc) is 2.76. The van der Waals surface area contributed by atoms with E-state index in [0.29, 0.717) is 24.4 Å². The predicted octanol–water partition coefficient (Wildman–Crippen LogP) is 2.74. The van der Waals surface area contributed by atoms with Gasteiger partial charge in [0.2, 0.25) is 5.95 Å². The zero-order valence-corrected chi connectivity index (χ0v) is 11.5. The number of thiophene rings is 1. The van der Waals surface area contributed by atoms with Gasteiger partial charge in [-0.15, -0.1) is 11.3 Å². The van der Waals surface area contributed by atoms with Gasteiger partial charge in [0.15, 0.2) is 5.82 Å². The Labute approximate surface area is 110 Å². The minimum absolute atomic E-state index is 0.363. The van der Waals surface area contributed by atoms with Crippen molar-refractivity contribution in [3.8, 4) is 17.4 Å². The monoisotopic (exact) mass is 264 g/mol. The lowest BCUT2D eigenvalue weighted by molar-refractivity contribution is 0.312. The molecule has 96 valence electrons. The molecule has 0 atom stereocenters. The number of hydrogen-bond donors (Lipinski definition) is 1. The highest BCUT2D eigenvalue weighted by molar-refractivity contribution is 7.10. The van der Waals surface area contributed by atoms with E-state index in [1.807, 2.05) is 19.2 Å². The molecule has 0 saturated carbocycles. The van der Waals surface area contributed by atoms with Crippen LogP contribution in [0.2, 0.25) is 0 Å². The Hall–Kier alpha value is -1.69. The summed E-state index contributed by atoms with van der Waals surface area (Å²) in [5.74, 6) is 1.20. The molecule has 0 unspecified atom stereocenters. The Kier molecular flexibility index (Phi) is 4.09. The zero-order chi connectivity index (χ0) is 13.0. The Balaban J connectivity index is 2.39. The van der Waals surface area contributed by atoms with Crippen LogP contribution in [0.5, 0.6) is 6.01 Å². The predicted molar refractivity (Wildman–Crippen MR) is 73.2 cm³/mol. The van der Waals surface area contributed by atoms with Crippen LogP contribution >= 0.6 is 11.3 Å². The second-order valence-corrected chi connectivity index (χ2v) is 4.79. The van der Waals surface area contributed by atoms with Crippen LogP contribution in [-0.4, -0.2) is 28.1 Å². The van der Waals surface area contributed by atoms with Crippen molar-refractivity contribution in [2.75, 3.05) is 18.5 Å². The lowest BCUT2D eigenvalue weighted by Crippen LogP contribution is -2.07. The van der Waals surface area contributed by atoms with Crippen LogP contribution < -0.4 is 10.1 Å². The summed E-state index contributed by atoms with van der Waals surface area (Å²) in [5, 5.41) is 5.12. The molecule has 0 aliphatic rings. The largest absolute Gasteiger partial charge is 0.464 e. The molecule has 2 heterocycles. The van der Waals surface area contributed by atoms with E-state index >= 15 is 0 Å². The summed E-state index contributed by atoms with van der Waals surface area (Å²) >= 11 is 1.68. The Bertz CT molecular complexity index is 502. The van der Waals surface area contributed by atoms with Gasteiger partial charge in [-0.3, -0.25) is 0 Å². The maximum absolute atomic E-state index is 5.36. The molecular formula is C12H16N4OS. The lowest BCUT2D eigenvalue weighted by Gasteiger charge is -2.06. The molecule has 0 bridgehead atoms. The fourth-order valence-corrected chi connectivity index (χ4v) is 2.16. The fourth-order valence-electron chi connectivity index (χ4n) is 1.48. The van der Waals surface area contributed by atoms with Crippen molar-refractivity contribution >= 4 is 17.3 Å². The van der Waals surface area contributed by atoms with Gasteiger partial charge < -0.3 is 10.1 Å². The van der Waals surface area contributed by atoms with Crippen molar-refractivity contribution in [1.82, 2.24) is 15.0 Å². The molecule has 2 aromatic heterocycles. The van der Waals surface area contributed by atoms with Crippen LogP contribution in [-0.2, 0) is 0 Å². The molecule has 2 rings (SSSR count). The van der Waals surface area contributed by atoms with Crippen LogP contribution in [0.1, 0.15) is 18.7 Å². The summed E-state index contributed by atoms with van der Waals surface area (Å²) in [4.78, 5) is 14.1. The van der Waals surface area contributed by atoms with Crippen molar-refractivity contribution in [1.29, 1.82) is 0 Å². The SMILES string of the molecule is CCNc1nc(OCC)nc(-c2csc(C)c2)n1. The van der Waals surface area contributed by atoms with Gasteiger partial charge in [0.25, 0.3) is 0 Å². The molecule has 0 aromatic carbocycles. The first-order chi connectivity index (χ1) is 8.72. The molecular weight excluding hydrogens is 248 g/mol. The third kappa shape index (κ3) is 2.95. The van der Waals surface area contributed by atoms with Crippen molar-refractivity contribution in [3.63, 3.8) is 0 Å². The molecule has 0 aliphatic carbocycles. The normalized spacial score (nSPS) is 10.4. The third-order valence-corrected chi connectivity index (χ3v) is 3.07. The number of nitrogens with zero attached hydrogens (tertiary/aromatic N) is 3. The molecule has 18 heavy (non-hydrogen) atoms. The van der Waals surface area contributed by atoms with Gasteiger partial charge in [-0.2, -0.15) is 15.0 Å². The Morgan fingerprint density at radius 2 is 2.11 bits per heavy atom. The highest BCUT2D eigenvalue weighted by atomic mass is 32.1. The van der Waals surface area contributed by atoms with Crippen molar-refractivity contribution in [2.24, 2.45) is 0 Å². The van der Waals surface area contributed by atoms with Gasteiger partial charge in [0, 0.05) is 22.4 Å². The highest BCUT2D eigenvalue weighted by Crippen LogP contribution is 2.24. The van der Waals surface area contributed by atoms with Gasteiger partial charge in [0.05, 0.1) is 6.61 Å². The number of aryl methyl sites for hydroxylation is 1. The summed E-state index contributed by atoms with van der Waals surface area (Å²) in [6, 6.07) is 2.42. The van der Waals surface area contributed by atoms with E-state index < -0.39 is 0 Å². The van der Waals surface area contributed by atoms with E-state index in [9.17, 15) is 0 Å². The summed E-state index contributed by atoms with van der Waals surface area (Å²) in [6.45, 7) is 7.27. The Morgan fingerprint density at radius 3 is 2.72 bits per heavy atom. The molecule has 2 aromatic rings. The van der Waals surface area contributed by atoms with Crippen LogP contribution in [0.15, 0.2) is 11.4 Å². The molecule has 6 heteroatoms. The maximum Gasteiger partial charge on any atom is 0.321 e. The van der Waals surface area contributed by atoms with Gasteiger partial charge in [0.1, 0.15) is 0 Å². The summed E-state index contributed by atoms with van der Waals surface area (Å²) in [6.07, 6.45) is 0. The molecule has 0 aliphatic heterocycles. The number of anilines is 1. The maximum atomic E-state index is 5.36. The van der Waals surface area contributed by atoms with Gasteiger partial charge >= 0.3 is 6.01 Å². The van der Waals surface area contributed by atoms with E-state index in [1.165, 1.54) is 4.88 Å². The first kappa shape index (κ1) is 12.8. The van der Waals surface area contributed by atoms with Crippen molar-refractivity contribution in [3.05, 3.63) is 16.3 Å². The highest BCUT2D eigenvalue weighted by Gasteiger charge is 2.09. The standard InChI is InChI=1S/C12H16N4OS/c1-4-13-11-14-10(9-6-8(3)18-7-9)15-12(16-11)17-5-2/h6-7H,4-5H2,1-3H3,(H,13,14,15,16). The zero-order valence-electron chi connectivity index (χ0n) is 10.7. The van der Waals surface area contributed by atoms with Gasteiger partial charge in [-0.05, 0) is 26.8 Å². The summed E-state index contributed by atoms with van der Waals surface area (Å²) in [5.41, 5.74) is 1.00. The number of nitrogens with one attached hydrogen (secondary N) is 1. The quantitative estimate of drug-likeness (QED) is 0.899. The van der Waals surface area contributed by atoms with Crippen LogP contribution in [0.3, 0.4) is 0 Å².